The van der Waals surface area contributed by atoms with Crippen molar-refractivity contribution in [2.45, 2.75) is 89.9 Å². The molecule has 204 valence electrons. The molecule has 4 rings (SSSR count). The van der Waals surface area contributed by atoms with Crippen LogP contribution in [-0.4, -0.2) is 0 Å². The Morgan fingerprint density at radius 1 is 0.684 bits per heavy atom. The lowest BCUT2D eigenvalue weighted by molar-refractivity contribution is 0.310. The van der Waals surface area contributed by atoms with Crippen LogP contribution in [0, 0.1) is 29.2 Å². The third-order valence-corrected chi connectivity index (χ3v) is 8.44. The van der Waals surface area contributed by atoms with Crippen LogP contribution in [0.3, 0.4) is 0 Å². The second kappa shape index (κ2) is 13.6. The van der Waals surface area contributed by atoms with E-state index in [1.165, 1.54) is 55.4 Å². The van der Waals surface area contributed by atoms with Gasteiger partial charge in [0.2, 0.25) is 0 Å². The zero-order valence-corrected chi connectivity index (χ0v) is 22.9. The maximum Gasteiger partial charge on any atom is 0.145 e. The fourth-order valence-electron chi connectivity index (χ4n) is 5.79. The lowest BCUT2D eigenvalue weighted by Crippen LogP contribution is -2.14. The predicted octanol–water partition coefficient (Wildman–Crippen LogP) is 11.0. The Bertz CT molecular complexity index is 1150. The lowest BCUT2D eigenvalue weighted by Gasteiger charge is -2.29. The number of halogens is 5. The Labute approximate surface area is 229 Å². The van der Waals surface area contributed by atoms with Gasteiger partial charge in [-0.15, -0.1) is 0 Å². The van der Waals surface area contributed by atoms with Crippen LogP contribution in [0.25, 0.3) is 11.1 Å². The molecule has 0 radical (unpaired) electrons. The molecule has 3 aromatic carbocycles. The van der Waals surface area contributed by atoms with Crippen LogP contribution >= 0.6 is 11.6 Å². The summed E-state index contributed by atoms with van der Waals surface area (Å²) in [6.45, 7) is 2.24. The monoisotopic (exact) mass is 544 g/mol. The van der Waals surface area contributed by atoms with Gasteiger partial charge in [-0.05, 0) is 110 Å². The number of benzene rings is 3. The second-order valence-corrected chi connectivity index (χ2v) is 11.2. The van der Waals surface area contributed by atoms with Gasteiger partial charge < -0.3 is 0 Å². The van der Waals surface area contributed by atoms with Crippen LogP contribution in [0.4, 0.5) is 17.6 Å². The van der Waals surface area contributed by atoms with E-state index in [9.17, 15) is 17.6 Å². The largest absolute Gasteiger partial charge is 0.206 e. The van der Waals surface area contributed by atoms with Crippen LogP contribution in [0.2, 0.25) is 5.02 Å². The van der Waals surface area contributed by atoms with Gasteiger partial charge in [-0.25, -0.2) is 17.6 Å². The molecule has 0 unspecified atom stereocenters. The fourth-order valence-corrected chi connectivity index (χ4v) is 5.90. The van der Waals surface area contributed by atoms with Crippen LogP contribution in [0.1, 0.15) is 93.7 Å². The van der Waals surface area contributed by atoms with E-state index in [1.54, 1.807) is 0 Å². The average molecular weight is 545 g/mol. The van der Waals surface area contributed by atoms with E-state index < -0.39 is 33.9 Å². The van der Waals surface area contributed by atoms with E-state index in [0.717, 1.165) is 50.7 Å². The fraction of sp³-hybridized carbons (Fsp3) is 0.455. The van der Waals surface area contributed by atoms with E-state index in [0.29, 0.717) is 23.8 Å². The molecule has 0 aromatic heterocycles. The first-order valence-electron chi connectivity index (χ1n) is 14.1. The maximum absolute atomic E-state index is 14.8. The molecule has 1 aliphatic carbocycles. The molecule has 0 saturated heterocycles. The summed E-state index contributed by atoms with van der Waals surface area (Å²) >= 11 is 5.50. The Balaban J connectivity index is 1.27. The van der Waals surface area contributed by atoms with Crippen molar-refractivity contribution >= 4 is 11.6 Å². The Kier molecular flexibility index (Phi) is 10.3. The van der Waals surface area contributed by atoms with Crippen LogP contribution in [0.5, 0.6) is 0 Å². The van der Waals surface area contributed by atoms with E-state index in [1.807, 2.05) is 0 Å². The van der Waals surface area contributed by atoms with Crippen molar-refractivity contribution in [1.29, 1.82) is 0 Å². The summed E-state index contributed by atoms with van der Waals surface area (Å²) in [5, 5.41) is -0.689. The lowest BCUT2D eigenvalue weighted by atomic mass is 9.76. The molecular formula is C33H37ClF4. The summed E-state index contributed by atoms with van der Waals surface area (Å²) in [5.41, 5.74) is 2.77. The highest BCUT2D eigenvalue weighted by Crippen LogP contribution is 2.38. The van der Waals surface area contributed by atoms with E-state index in [-0.39, 0.29) is 5.56 Å². The van der Waals surface area contributed by atoms with Gasteiger partial charge in [0.25, 0.3) is 0 Å². The smallest absolute Gasteiger partial charge is 0.145 e. The topological polar surface area (TPSA) is 0 Å². The summed E-state index contributed by atoms with van der Waals surface area (Å²) in [5.74, 6) is -2.63. The molecule has 3 aromatic rings. The quantitative estimate of drug-likeness (QED) is 0.128. The zero-order valence-electron chi connectivity index (χ0n) is 22.1. The van der Waals surface area contributed by atoms with Crippen LogP contribution in [-0.2, 0) is 12.8 Å². The van der Waals surface area contributed by atoms with Gasteiger partial charge in [-0.3, -0.25) is 0 Å². The molecule has 38 heavy (non-hydrogen) atoms. The van der Waals surface area contributed by atoms with Gasteiger partial charge in [-0.1, -0.05) is 68.5 Å². The molecule has 0 spiro atoms. The number of hydrogen-bond donors (Lipinski definition) is 0. The number of hydrogen-bond acceptors (Lipinski definition) is 0. The number of unbranched alkanes of at least 4 members (excludes halogenated alkanes) is 4. The normalized spacial score (nSPS) is 17.6. The summed E-state index contributed by atoms with van der Waals surface area (Å²) < 4.78 is 57.2. The van der Waals surface area contributed by atoms with Crippen molar-refractivity contribution in [1.82, 2.24) is 0 Å². The Morgan fingerprint density at radius 2 is 1.29 bits per heavy atom. The second-order valence-electron chi connectivity index (χ2n) is 10.9. The molecule has 0 N–H and O–H groups in total. The molecule has 0 atom stereocenters. The maximum atomic E-state index is 14.8. The summed E-state index contributed by atoms with van der Waals surface area (Å²) in [7, 11) is 0. The van der Waals surface area contributed by atoms with Crippen molar-refractivity contribution < 1.29 is 17.6 Å². The van der Waals surface area contributed by atoms with Crippen molar-refractivity contribution in [3.63, 3.8) is 0 Å². The SMILES string of the molecule is CCCCCCCc1ccc(C2CCC(CCc3cc(F)c(-c4cc(F)c(Cl)c(F)c4)c(F)c3)CC2)cc1. The molecule has 5 heteroatoms. The predicted molar refractivity (Wildman–Crippen MR) is 149 cm³/mol. The summed E-state index contributed by atoms with van der Waals surface area (Å²) in [4.78, 5) is 0. The molecule has 1 aliphatic rings. The third-order valence-electron chi connectivity index (χ3n) is 8.08. The van der Waals surface area contributed by atoms with Gasteiger partial charge in [-0.2, -0.15) is 0 Å². The van der Waals surface area contributed by atoms with E-state index in [2.05, 4.69) is 31.2 Å². The van der Waals surface area contributed by atoms with Gasteiger partial charge in [0, 0.05) is 0 Å². The van der Waals surface area contributed by atoms with Gasteiger partial charge >= 0.3 is 0 Å². The first-order chi connectivity index (χ1) is 18.4. The molecular weight excluding hydrogens is 508 g/mol. The number of rotatable bonds is 11. The minimum atomic E-state index is -1.05. The first kappa shape index (κ1) is 28.7. The Morgan fingerprint density at radius 3 is 1.89 bits per heavy atom. The molecule has 0 nitrogen and oxygen atoms in total. The highest BCUT2D eigenvalue weighted by molar-refractivity contribution is 6.31. The molecule has 1 saturated carbocycles. The third kappa shape index (κ3) is 7.40. The van der Waals surface area contributed by atoms with Gasteiger partial charge in [0.05, 0.1) is 5.56 Å². The summed E-state index contributed by atoms with van der Waals surface area (Å²) in [6.07, 6.45) is 13.6. The van der Waals surface area contributed by atoms with Crippen molar-refractivity contribution in [2.75, 3.05) is 0 Å². The van der Waals surface area contributed by atoms with Crippen molar-refractivity contribution in [3.8, 4) is 11.1 Å². The molecule has 0 bridgehead atoms. The molecule has 0 amide bonds. The van der Waals surface area contributed by atoms with E-state index in [4.69, 9.17) is 11.6 Å². The zero-order chi connectivity index (χ0) is 27.1. The Hall–Kier alpha value is -2.33. The van der Waals surface area contributed by atoms with Crippen molar-refractivity contribution in [3.05, 3.63) is 93.5 Å². The highest BCUT2D eigenvalue weighted by Gasteiger charge is 2.23. The van der Waals surface area contributed by atoms with Crippen LogP contribution in [0.15, 0.2) is 48.5 Å². The van der Waals surface area contributed by atoms with E-state index >= 15 is 0 Å². The number of aryl methyl sites for hydroxylation is 2. The minimum absolute atomic E-state index is 0.204. The van der Waals surface area contributed by atoms with Crippen LogP contribution < -0.4 is 0 Å². The summed E-state index contributed by atoms with van der Waals surface area (Å²) in [6, 6.07) is 13.5. The molecule has 0 heterocycles. The molecule has 1 fully saturated rings. The highest BCUT2D eigenvalue weighted by atomic mass is 35.5. The first-order valence-corrected chi connectivity index (χ1v) is 14.4. The van der Waals surface area contributed by atoms with Gasteiger partial charge in [0.1, 0.15) is 28.3 Å². The standard InChI is InChI=1S/C33H37ClF4/c1-2-3-4-5-6-7-22-10-14-25(15-11-22)26-16-12-23(13-17-26)8-9-24-18-28(35)32(29(36)19-24)27-20-30(37)33(34)31(38)21-27/h10-11,14-15,18-21,23,26H,2-9,12-13,16-17H2,1H3. The average Bonchev–Trinajstić information content (AvgIpc) is 2.91. The van der Waals surface area contributed by atoms with Crippen molar-refractivity contribution in [2.24, 2.45) is 5.92 Å². The van der Waals surface area contributed by atoms with Gasteiger partial charge in [0.15, 0.2) is 0 Å². The molecule has 0 aliphatic heterocycles. The minimum Gasteiger partial charge on any atom is -0.206 e.